The third-order valence-corrected chi connectivity index (χ3v) is 5.87. The van der Waals surface area contributed by atoms with Gasteiger partial charge in [-0.2, -0.15) is 5.10 Å². The van der Waals surface area contributed by atoms with Gasteiger partial charge in [0.1, 0.15) is 16.9 Å². The smallest absolute Gasteiger partial charge is 0.269 e. The Bertz CT molecular complexity index is 1370. The van der Waals surface area contributed by atoms with E-state index in [1.807, 2.05) is 19.1 Å². The lowest BCUT2D eigenvalue weighted by Crippen LogP contribution is -2.22. The Balaban J connectivity index is 1.64. The van der Waals surface area contributed by atoms with Crippen molar-refractivity contribution in [3.8, 4) is 17.2 Å². The van der Waals surface area contributed by atoms with Gasteiger partial charge in [-0.05, 0) is 37.3 Å². The zero-order valence-electron chi connectivity index (χ0n) is 17.8. The van der Waals surface area contributed by atoms with Crippen molar-refractivity contribution in [2.75, 3.05) is 24.8 Å². The molecule has 0 bridgehead atoms. The monoisotopic (exact) mass is 485 g/mol. The summed E-state index contributed by atoms with van der Waals surface area (Å²) in [5.74, 6) is 0.800. The molecule has 0 aliphatic carbocycles. The van der Waals surface area contributed by atoms with E-state index in [0.717, 1.165) is 11.8 Å². The molecule has 0 saturated carbocycles. The molecule has 2 aromatic carbocycles. The van der Waals surface area contributed by atoms with Crippen LogP contribution in [-0.2, 0) is 4.79 Å². The summed E-state index contributed by atoms with van der Waals surface area (Å²) in [6.07, 6.45) is 1.41. The lowest BCUT2D eigenvalue weighted by Gasteiger charge is -2.14. The number of para-hydroxylation sites is 2. The van der Waals surface area contributed by atoms with Gasteiger partial charge in [0.15, 0.2) is 10.8 Å². The maximum absolute atomic E-state index is 13.2. The van der Waals surface area contributed by atoms with Gasteiger partial charge in [0.05, 0.1) is 42.1 Å². The second kappa shape index (κ2) is 9.97. The van der Waals surface area contributed by atoms with Gasteiger partial charge in [-0.3, -0.25) is 19.3 Å². The van der Waals surface area contributed by atoms with Crippen molar-refractivity contribution in [2.24, 2.45) is 0 Å². The third-order valence-electron chi connectivity index (χ3n) is 4.64. The van der Waals surface area contributed by atoms with Crippen LogP contribution in [0.5, 0.6) is 11.5 Å². The van der Waals surface area contributed by atoms with Gasteiger partial charge in [0.2, 0.25) is 5.91 Å². The molecule has 0 radical (unpaired) electrons. The average molecular weight is 486 g/mol. The molecule has 9 nitrogen and oxygen atoms in total. The first kappa shape index (κ1) is 22.7. The fourth-order valence-corrected chi connectivity index (χ4v) is 4.22. The number of ether oxygens (including phenoxy) is 2. The summed E-state index contributed by atoms with van der Waals surface area (Å²) in [6.45, 7) is 2.35. The molecule has 0 atom stereocenters. The number of aromatic amines is 1. The van der Waals surface area contributed by atoms with E-state index in [2.05, 4.69) is 20.5 Å². The van der Waals surface area contributed by atoms with Crippen LogP contribution < -0.4 is 20.3 Å². The normalized spacial score (nSPS) is 10.9. The lowest BCUT2D eigenvalue weighted by molar-refractivity contribution is -0.113. The number of hydrogen-bond donors (Lipinski definition) is 2. The number of amides is 1. The number of carbonyl (C=O) groups is 1. The fourth-order valence-electron chi connectivity index (χ4n) is 3.16. The van der Waals surface area contributed by atoms with Gasteiger partial charge in [0, 0.05) is 0 Å². The van der Waals surface area contributed by atoms with Crippen LogP contribution in [0.2, 0.25) is 5.02 Å². The number of H-pyrrole nitrogens is 1. The number of hydrogen-bond acceptors (Lipinski definition) is 7. The molecule has 0 unspecified atom stereocenters. The minimum atomic E-state index is -0.334. The first-order chi connectivity index (χ1) is 16.0. The number of fused-ring (bicyclic) bond motifs is 1. The number of anilines is 1. The van der Waals surface area contributed by atoms with Crippen molar-refractivity contribution in [2.45, 2.75) is 12.1 Å². The zero-order chi connectivity index (χ0) is 23.4. The third kappa shape index (κ3) is 4.81. The molecule has 0 spiro atoms. The van der Waals surface area contributed by atoms with Gasteiger partial charge in [-0.25, -0.2) is 4.98 Å². The predicted octanol–water partition coefficient (Wildman–Crippen LogP) is 3.90. The molecule has 0 aliphatic rings. The Morgan fingerprint density at radius 1 is 1.24 bits per heavy atom. The van der Waals surface area contributed by atoms with E-state index in [-0.39, 0.29) is 17.2 Å². The van der Waals surface area contributed by atoms with Crippen molar-refractivity contribution in [1.82, 2.24) is 19.7 Å². The minimum absolute atomic E-state index is 0.0103. The summed E-state index contributed by atoms with van der Waals surface area (Å²) < 4.78 is 12.1. The Kier molecular flexibility index (Phi) is 6.85. The second-order valence-corrected chi connectivity index (χ2v) is 8.10. The van der Waals surface area contributed by atoms with Crippen molar-refractivity contribution in [3.63, 3.8) is 0 Å². The minimum Gasteiger partial charge on any atom is -0.495 e. The maximum atomic E-state index is 13.2. The van der Waals surface area contributed by atoms with Gasteiger partial charge < -0.3 is 14.8 Å². The Morgan fingerprint density at radius 2 is 2.06 bits per heavy atom. The largest absolute Gasteiger partial charge is 0.495 e. The Hall–Kier alpha value is -3.50. The highest BCUT2D eigenvalue weighted by atomic mass is 35.5. The molecule has 0 fully saturated rings. The molecule has 170 valence electrons. The highest BCUT2D eigenvalue weighted by Crippen LogP contribution is 2.29. The van der Waals surface area contributed by atoms with Crippen LogP contribution in [0.15, 0.2) is 58.6 Å². The van der Waals surface area contributed by atoms with E-state index in [0.29, 0.717) is 50.7 Å². The Morgan fingerprint density at radius 3 is 2.82 bits per heavy atom. The molecule has 0 saturated heterocycles. The number of thioether (sulfide) groups is 1. The first-order valence-electron chi connectivity index (χ1n) is 9.96. The highest BCUT2D eigenvalue weighted by molar-refractivity contribution is 7.99. The zero-order valence-corrected chi connectivity index (χ0v) is 19.4. The molecule has 1 amide bonds. The van der Waals surface area contributed by atoms with Crippen LogP contribution in [0.4, 0.5) is 5.69 Å². The molecule has 2 N–H and O–H groups in total. The van der Waals surface area contributed by atoms with Crippen molar-refractivity contribution < 1.29 is 14.3 Å². The molecular weight excluding hydrogens is 466 g/mol. The number of rotatable bonds is 8. The van der Waals surface area contributed by atoms with Gasteiger partial charge in [0.25, 0.3) is 5.56 Å². The molecule has 2 aromatic heterocycles. The predicted molar refractivity (Wildman–Crippen MR) is 128 cm³/mol. The van der Waals surface area contributed by atoms with Crippen LogP contribution in [-0.4, -0.2) is 45.1 Å². The number of methoxy groups -OCH3 is 1. The van der Waals surface area contributed by atoms with Crippen LogP contribution in [0.1, 0.15) is 6.92 Å². The van der Waals surface area contributed by atoms with E-state index in [1.165, 1.54) is 17.9 Å². The highest BCUT2D eigenvalue weighted by Gasteiger charge is 2.17. The molecule has 2 heterocycles. The topological polar surface area (TPSA) is 111 Å². The molecule has 0 aliphatic heterocycles. The second-order valence-electron chi connectivity index (χ2n) is 6.75. The summed E-state index contributed by atoms with van der Waals surface area (Å²) in [5, 5.41) is 10.4. The van der Waals surface area contributed by atoms with Crippen molar-refractivity contribution >= 4 is 46.0 Å². The number of halogens is 1. The molecule has 11 heteroatoms. The van der Waals surface area contributed by atoms with E-state index >= 15 is 0 Å². The SMILES string of the molecule is CCOc1ccccc1NC(=O)CSc1nc2[nH]ncc2c(=O)n1-c1ccc(OC)c(Cl)c1. The summed E-state index contributed by atoms with van der Waals surface area (Å²) in [4.78, 5) is 30.4. The maximum Gasteiger partial charge on any atom is 0.269 e. The number of nitrogens with zero attached hydrogens (tertiary/aromatic N) is 3. The molecule has 4 aromatic rings. The summed E-state index contributed by atoms with van der Waals surface area (Å²) >= 11 is 7.39. The lowest BCUT2D eigenvalue weighted by atomic mass is 10.3. The molecular formula is C22H20ClN5O4S. The van der Waals surface area contributed by atoms with Crippen molar-refractivity contribution in [3.05, 3.63) is 64.0 Å². The van der Waals surface area contributed by atoms with Crippen LogP contribution in [0.25, 0.3) is 16.7 Å². The quantitative estimate of drug-likeness (QED) is 0.287. The summed E-state index contributed by atoms with van der Waals surface area (Å²) in [5.41, 5.74) is 1.06. The molecule has 4 rings (SSSR count). The summed E-state index contributed by atoms with van der Waals surface area (Å²) in [6, 6.07) is 12.2. The van der Waals surface area contributed by atoms with Gasteiger partial charge >= 0.3 is 0 Å². The number of aromatic nitrogens is 4. The molecule has 33 heavy (non-hydrogen) atoms. The van der Waals surface area contributed by atoms with E-state index in [9.17, 15) is 9.59 Å². The average Bonchev–Trinajstić information content (AvgIpc) is 3.28. The summed E-state index contributed by atoms with van der Waals surface area (Å²) in [7, 11) is 1.51. The van der Waals surface area contributed by atoms with Crippen LogP contribution >= 0.6 is 23.4 Å². The van der Waals surface area contributed by atoms with Crippen LogP contribution in [0.3, 0.4) is 0 Å². The van der Waals surface area contributed by atoms with E-state index < -0.39 is 0 Å². The van der Waals surface area contributed by atoms with Gasteiger partial charge in [-0.15, -0.1) is 0 Å². The first-order valence-corrected chi connectivity index (χ1v) is 11.3. The van der Waals surface area contributed by atoms with Crippen LogP contribution in [0, 0.1) is 0 Å². The number of carbonyl (C=O) groups excluding carboxylic acids is 1. The standard InChI is InChI=1S/C22H20ClN5O4S/c1-3-32-18-7-5-4-6-16(18)25-19(29)12-33-22-26-20-14(11-24-27-20)21(30)28(22)13-8-9-17(31-2)15(23)10-13/h4-11H,3,12H2,1-2H3,(H,24,27)(H,25,29). The number of benzene rings is 2. The van der Waals surface area contributed by atoms with Gasteiger partial charge in [-0.1, -0.05) is 35.5 Å². The van der Waals surface area contributed by atoms with E-state index in [4.69, 9.17) is 21.1 Å². The Labute approximate surface area is 198 Å². The number of nitrogens with one attached hydrogen (secondary N) is 2. The van der Waals surface area contributed by atoms with Crippen molar-refractivity contribution in [1.29, 1.82) is 0 Å². The van der Waals surface area contributed by atoms with E-state index in [1.54, 1.807) is 30.3 Å². The fraction of sp³-hybridized carbons (Fsp3) is 0.182.